The minimum absolute atomic E-state index is 0.0537. The van der Waals surface area contributed by atoms with Crippen molar-refractivity contribution in [1.29, 1.82) is 0 Å². The Labute approximate surface area is 207 Å². The second-order valence-electron chi connectivity index (χ2n) is 9.37. The second-order valence-corrected chi connectivity index (χ2v) is 9.37. The Morgan fingerprint density at radius 1 is 1.00 bits per heavy atom. The smallest absolute Gasteiger partial charge is 0.242 e. The van der Waals surface area contributed by atoms with Crippen molar-refractivity contribution in [1.82, 2.24) is 10.2 Å². The number of rotatable bonds is 9. The van der Waals surface area contributed by atoms with Gasteiger partial charge < -0.3 is 24.4 Å². The fourth-order valence-corrected chi connectivity index (χ4v) is 4.72. The molecule has 1 heterocycles. The number of ether oxygens (including phenoxy) is 3. The third kappa shape index (κ3) is 6.68. The fourth-order valence-electron chi connectivity index (χ4n) is 4.72. The van der Waals surface area contributed by atoms with E-state index >= 15 is 0 Å². The number of nitrogens with zero attached hydrogens (tertiary/aromatic N) is 1. The molecule has 7 nitrogen and oxygen atoms in total. The standard InChI is InChI=1S/C28H36N2O5/c1-20(28(32)29-23-6-4-3-5-7-23)30(19-22-8-12-24(33-2)13-9-22)27(31)15-11-21-10-14-25-26(18-21)35-17-16-34-25/h8-10,12-14,18,20,23H,3-7,11,15-17,19H2,1-2H3,(H,29,32)/t20-/m0/s1. The van der Waals surface area contributed by atoms with Crippen LogP contribution in [0.3, 0.4) is 0 Å². The molecule has 2 aliphatic rings. The average Bonchev–Trinajstić information content (AvgIpc) is 2.90. The Morgan fingerprint density at radius 3 is 2.40 bits per heavy atom. The SMILES string of the molecule is COc1ccc(CN(C(=O)CCc2ccc3c(c2)OCCO3)[C@@H](C)C(=O)NC2CCCCC2)cc1. The van der Waals surface area contributed by atoms with Crippen LogP contribution in [-0.2, 0) is 22.6 Å². The van der Waals surface area contributed by atoms with Gasteiger partial charge in [0, 0.05) is 19.0 Å². The number of hydrogen-bond acceptors (Lipinski definition) is 5. The molecule has 2 aromatic rings. The van der Waals surface area contributed by atoms with Gasteiger partial charge in [-0.2, -0.15) is 0 Å². The molecule has 7 heteroatoms. The number of benzene rings is 2. The molecule has 4 rings (SSSR count). The average molecular weight is 481 g/mol. The fraction of sp³-hybridized carbons (Fsp3) is 0.500. The summed E-state index contributed by atoms with van der Waals surface area (Å²) in [5.41, 5.74) is 1.96. The number of hydrogen-bond donors (Lipinski definition) is 1. The molecule has 0 aromatic heterocycles. The lowest BCUT2D eigenvalue weighted by atomic mass is 9.95. The van der Waals surface area contributed by atoms with Crippen molar-refractivity contribution in [2.24, 2.45) is 0 Å². The number of carbonyl (C=O) groups is 2. The van der Waals surface area contributed by atoms with Gasteiger partial charge in [0.05, 0.1) is 7.11 Å². The van der Waals surface area contributed by atoms with Crippen LogP contribution in [0.5, 0.6) is 17.2 Å². The maximum absolute atomic E-state index is 13.4. The van der Waals surface area contributed by atoms with Crippen LogP contribution in [0.4, 0.5) is 0 Å². The van der Waals surface area contributed by atoms with Crippen molar-refractivity contribution in [3.05, 3.63) is 53.6 Å². The Kier molecular flexibility index (Phi) is 8.50. The van der Waals surface area contributed by atoms with E-state index in [-0.39, 0.29) is 17.9 Å². The van der Waals surface area contributed by atoms with Gasteiger partial charge in [0.1, 0.15) is 25.0 Å². The van der Waals surface area contributed by atoms with Gasteiger partial charge in [0.15, 0.2) is 11.5 Å². The lowest BCUT2D eigenvalue weighted by molar-refractivity contribution is -0.141. The predicted octanol–water partition coefficient (Wildman–Crippen LogP) is 4.27. The summed E-state index contributed by atoms with van der Waals surface area (Å²) in [5, 5.41) is 3.18. The van der Waals surface area contributed by atoms with Gasteiger partial charge in [-0.1, -0.05) is 37.5 Å². The third-order valence-electron chi connectivity index (χ3n) is 6.86. The minimum Gasteiger partial charge on any atom is -0.497 e. The van der Waals surface area contributed by atoms with E-state index in [4.69, 9.17) is 14.2 Å². The molecule has 2 aromatic carbocycles. The van der Waals surface area contributed by atoms with Gasteiger partial charge in [-0.3, -0.25) is 9.59 Å². The zero-order valence-corrected chi connectivity index (χ0v) is 20.8. The number of fused-ring (bicyclic) bond motifs is 1. The van der Waals surface area contributed by atoms with E-state index in [1.54, 1.807) is 12.0 Å². The molecule has 35 heavy (non-hydrogen) atoms. The summed E-state index contributed by atoms with van der Waals surface area (Å²) >= 11 is 0. The quantitative estimate of drug-likeness (QED) is 0.580. The summed E-state index contributed by atoms with van der Waals surface area (Å²) in [5.74, 6) is 2.07. The third-order valence-corrected chi connectivity index (χ3v) is 6.86. The molecule has 2 amide bonds. The summed E-state index contributed by atoms with van der Waals surface area (Å²) in [4.78, 5) is 28.3. The van der Waals surface area contributed by atoms with Crippen LogP contribution in [0.2, 0.25) is 0 Å². The molecular weight excluding hydrogens is 444 g/mol. The first kappa shape index (κ1) is 24.9. The second kappa shape index (κ2) is 12.0. The summed E-state index contributed by atoms with van der Waals surface area (Å²) in [7, 11) is 1.63. The first-order chi connectivity index (χ1) is 17.0. The van der Waals surface area contributed by atoms with Crippen molar-refractivity contribution in [2.75, 3.05) is 20.3 Å². The van der Waals surface area contributed by atoms with Crippen LogP contribution < -0.4 is 19.5 Å². The van der Waals surface area contributed by atoms with Gasteiger partial charge in [0.2, 0.25) is 11.8 Å². The van der Waals surface area contributed by atoms with E-state index in [9.17, 15) is 9.59 Å². The van der Waals surface area contributed by atoms with Crippen molar-refractivity contribution in [2.45, 2.75) is 70.5 Å². The van der Waals surface area contributed by atoms with Crippen LogP contribution in [0, 0.1) is 0 Å². The normalized spacial score (nSPS) is 16.3. The Balaban J connectivity index is 1.44. The van der Waals surface area contributed by atoms with E-state index in [1.165, 1.54) is 6.42 Å². The highest BCUT2D eigenvalue weighted by molar-refractivity contribution is 5.87. The molecule has 0 bridgehead atoms. The topological polar surface area (TPSA) is 77.1 Å². The molecule has 1 aliphatic heterocycles. The molecule has 0 saturated heterocycles. The van der Waals surface area contributed by atoms with Gasteiger partial charge >= 0.3 is 0 Å². The minimum atomic E-state index is -0.563. The van der Waals surface area contributed by atoms with E-state index in [2.05, 4.69) is 5.32 Å². The van der Waals surface area contributed by atoms with Crippen molar-refractivity contribution >= 4 is 11.8 Å². The highest BCUT2D eigenvalue weighted by Crippen LogP contribution is 2.31. The van der Waals surface area contributed by atoms with Gasteiger partial charge in [0.25, 0.3) is 0 Å². The lowest BCUT2D eigenvalue weighted by Gasteiger charge is -2.31. The zero-order valence-electron chi connectivity index (χ0n) is 20.8. The molecule has 1 fully saturated rings. The van der Waals surface area contributed by atoms with Crippen LogP contribution in [-0.4, -0.2) is 49.1 Å². The monoisotopic (exact) mass is 480 g/mol. The number of amides is 2. The first-order valence-electron chi connectivity index (χ1n) is 12.6. The lowest BCUT2D eigenvalue weighted by Crippen LogP contribution is -2.50. The van der Waals surface area contributed by atoms with Crippen molar-refractivity contribution in [3.8, 4) is 17.2 Å². The largest absolute Gasteiger partial charge is 0.497 e. The van der Waals surface area contributed by atoms with E-state index in [1.807, 2.05) is 49.4 Å². The summed E-state index contributed by atoms with van der Waals surface area (Å²) in [6.45, 7) is 3.26. The molecule has 1 saturated carbocycles. The number of carbonyl (C=O) groups excluding carboxylic acids is 2. The molecule has 188 valence electrons. The Hall–Kier alpha value is -3.22. The van der Waals surface area contributed by atoms with E-state index in [0.717, 1.165) is 54.1 Å². The molecule has 1 atom stereocenters. The molecule has 0 unspecified atom stereocenters. The highest BCUT2D eigenvalue weighted by Gasteiger charge is 2.28. The van der Waals surface area contributed by atoms with Gasteiger partial charge in [-0.05, 0) is 61.6 Å². The molecule has 1 N–H and O–H groups in total. The van der Waals surface area contributed by atoms with Crippen LogP contribution in [0.1, 0.15) is 56.6 Å². The summed E-state index contributed by atoms with van der Waals surface area (Å²) in [6, 6.07) is 13.1. The molecule has 0 spiro atoms. The molecule has 1 aliphatic carbocycles. The van der Waals surface area contributed by atoms with Crippen molar-refractivity contribution < 1.29 is 23.8 Å². The van der Waals surface area contributed by atoms with E-state index in [0.29, 0.717) is 32.6 Å². The molecule has 0 radical (unpaired) electrons. The number of methoxy groups -OCH3 is 1. The number of aryl methyl sites for hydroxylation is 1. The van der Waals surface area contributed by atoms with E-state index < -0.39 is 6.04 Å². The van der Waals surface area contributed by atoms with Gasteiger partial charge in [-0.15, -0.1) is 0 Å². The van der Waals surface area contributed by atoms with Crippen molar-refractivity contribution in [3.63, 3.8) is 0 Å². The predicted molar refractivity (Wildman–Crippen MR) is 134 cm³/mol. The zero-order chi connectivity index (χ0) is 24.6. The molecular formula is C28H36N2O5. The Bertz CT molecular complexity index is 1000. The van der Waals surface area contributed by atoms with Crippen LogP contribution in [0.25, 0.3) is 0 Å². The first-order valence-corrected chi connectivity index (χ1v) is 12.6. The Morgan fingerprint density at radius 2 is 1.69 bits per heavy atom. The maximum Gasteiger partial charge on any atom is 0.242 e. The summed E-state index contributed by atoms with van der Waals surface area (Å²) in [6.07, 6.45) is 6.39. The highest BCUT2D eigenvalue weighted by atomic mass is 16.6. The van der Waals surface area contributed by atoms with Gasteiger partial charge in [-0.25, -0.2) is 0 Å². The van der Waals surface area contributed by atoms with Crippen LogP contribution >= 0.6 is 0 Å². The number of nitrogens with one attached hydrogen (secondary N) is 1. The summed E-state index contributed by atoms with van der Waals surface area (Å²) < 4.78 is 16.5. The van der Waals surface area contributed by atoms with Crippen LogP contribution in [0.15, 0.2) is 42.5 Å². The maximum atomic E-state index is 13.4.